The number of amides is 2. The van der Waals surface area contributed by atoms with E-state index in [1.807, 2.05) is 30.3 Å². The number of benzene rings is 3. The van der Waals surface area contributed by atoms with Crippen LogP contribution in [0, 0.1) is 16.0 Å². The Kier molecular flexibility index (Phi) is 8.45. The Hall–Kier alpha value is -4.33. The second-order valence-electron chi connectivity index (χ2n) is 8.39. The molecule has 0 heterocycles. The van der Waals surface area contributed by atoms with Gasteiger partial charge in [-0.05, 0) is 17.5 Å². The Bertz CT molecular complexity index is 1200. The Morgan fingerprint density at radius 2 is 1.46 bits per heavy atom. The summed E-state index contributed by atoms with van der Waals surface area (Å²) < 4.78 is 0. The Balaban J connectivity index is 1.97. The molecule has 3 aromatic rings. The highest BCUT2D eigenvalue weighted by Gasteiger charge is 2.36. The van der Waals surface area contributed by atoms with Crippen LogP contribution in [0.2, 0.25) is 0 Å². The van der Waals surface area contributed by atoms with Crippen molar-refractivity contribution in [3.8, 4) is 0 Å². The van der Waals surface area contributed by atoms with E-state index in [2.05, 4.69) is 5.32 Å². The number of nitrogens with zero attached hydrogens (tertiary/aromatic N) is 2. The fourth-order valence-corrected chi connectivity index (χ4v) is 3.83. The van der Waals surface area contributed by atoms with E-state index in [0.717, 1.165) is 10.5 Å². The Morgan fingerprint density at radius 1 is 0.886 bits per heavy atom. The minimum Gasteiger partial charge on any atom is -0.350 e. The smallest absolute Gasteiger partial charge is 0.282 e. The minimum atomic E-state index is -1.03. The van der Waals surface area contributed by atoms with Crippen LogP contribution in [-0.2, 0) is 11.3 Å². The van der Waals surface area contributed by atoms with Crippen molar-refractivity contribution >= 4 is 23.3 Å². The third kappa shape index (κ3) is 6.38. The molecule has 0 fully saturated rings. The van der Waals surface area contributed by atoms with Crippen molar-refractivity contribution in [2.75, 3.05) is 6.54 Å². The largest absolute Gasteiger partial charge is 0.350 e. The zero-order chi connectivity index (χ0) is 25.4. The molecule has 0 aliphatic carbocycles. The van der Waals surface area contributed by atoms with Crippen LogP contribution in [0.3, 0.4) is 0 Å². The minimum absolute atomic E-state index is 0.181. The quantitative estimate of drug-likeness (QED) is 0.269. The zero-order valence-corrected chi connectivity index (χ0v) is 19.6. The van der Waals surface area contributed by atoms with Crippen LogP contribution in [0.15, 0.2) is 84.9 Å². The average molecular weight is 474 g/mol. The molecule has 3 aromatic carbocycles. The number of rotatable bonds is 10. The fourth-order valence-electron chi connectivity index (χ4n) is 3.83. The normalized spacial score (nSPS) is 11.5. The predicted octanol–water partition coefficient (Wildman–Crippen LogP) is 4.26. The van der Waals surface area contributed by atoms with Gasteiger partial charge < -0.3 is 10.2 Å². The molecule has 8 nitrogen and oxygen atoms in total. The number of hydrogen-bond acceptors (Lipinski definition) is 5. The predicted molar refractivity (Wildman–Crippen MR) is 132 cm³/mol. The lowest BCUT2D eigenvalue weighted by atomic mass is 9.98. The van der Waals surface area contributed by atoms with Gasteiger partial charge in [-0.25, -0.2) is 0 Å². The maximum absolute atomic E-state index is 13.7. The first kappa shape index (κ1) is 25.3. The Morgan fingerprint density at radius 3 is 2.06 bits per heavy atom. The van der Waals surface area contributed by atoms with Gasteiger partial charge in [0.25, 0.3) is 11.6 Å². The summed E-state index contributed by atoms with van der Waals surface area (Å²) in [6.45, 7) is 3.36. The molecule has 0 saturated heterocycles. The van der Waals surface area contributed by atoms with Crippen molar-refractivity contribution in [1.29, 1.82) is 0 Å². The van der Waals surface area contributed by atoms with Gasteiger partial charge in [-0.3, -0.25) is 24.5 Å². The van der Waals surface area contributed by atoms with Gasteiger partial charge in [0.2, 0.25) is 5.91 Å². The van der Waals surface area contributed by atoms with Crippen LogP contribution in [0.25, 0.3) is 0 Å². The van der Waals surface area contributed by atoms with E-state index in [0.29, 0.717) is 5.56 Å². The fraction of sp³-hybridized carbons (Fsp3) is 0.222. The highest BCUT2D eigenvalue weighted by molar-refractivity contribution is 6.05. The van der Waals surface area contributed by atoms with Gasteiger partial charge in [-0.1, -0.05) is 86.6 Å². The van der Waals surface area contributed by atoms with Crippen molar-refractivity contribution < 1.29 is 19.3 Å². The van der Waals surface area contributed by atoms with E-state index in [4.69, 9.17) is 0 Å². The second kappa shape index (κ2) is 11.7. The molecule has 1 atom stereocenters. The molecule has 0 aromatic heterocycles. The summed E-state index contributed by atoms with van der Waals surface area (Å²) in [6.07, 6.45) is 0. The summed E-state index contributed by atoms with van der Waals surface area (Å²) in [5.74, 6) is -1.95. The van der Waals surface area contributed by atoms with E-state index >= 15 is 0 Å². The number of hydrogen-bond donors (Lipinski definition) is 1. The number of ketones is 1. The molecule has 0 aliphatic rings. The van der Waals surface area contributed by atoms with Gasteiger partial charge in [0.15, 0.2) is 5.78 Å². The number of nitro benzene ring substituents is 1. The number of Topliss-reactive ketones (excluding diaryl/α,β-unsaturated/α-hetero) is 1. The van der Waals surface area contributed by atoms with Gasteiger partial charge in [0.05, 0.1) is 11.5 Å². The van der Waals surface area contributed by atoms with Crippen molar-refractivity contribution in [2.45, 2.75) is 26.4 Å². The molecule has 8 heteroatoms. The molecule has 1 N–H and O–H groups in total. The van der Waals surface area contributed by atoms with Gasteiger partial charge in [0, 0.05) is 18.2 Å². The summed E-state index contributed by atoms with van der Waals surface area (Å²) in [7, 11) is 0. The molecule has 180 valence electrons. The first-order valence-electron chi connectivity index (χ1n) is 11.2. The van der Waals surface area contributed by atoms with E-state index in [1.54, 1.807) is 44.2 Å². The topological polar surface area (TPSA) is 110 Å². The standard InChI is InChI=1S/C27H27N3O5/c1-19(2)25(26(32)28-17-20-11-5-3-6-12-20)29(18-24(31)21-13-7-4-8-14-21)27(33)22-15-9-10-16-23(22)30(34)35/h3-16,19,25H,17-18H2,1-2H3,(H,28,32). The molecule has 0 aliphatic heterocycles. The zero-order valence-electron chi connectivity index (χ0n) is 19.6. The molecule has 3 rings (SSSR count). The second-order valence-corrected chi connectivity index (χ2v) is 8.39. The number of carbonyl (C=O) groups is 3. The van der Waals surface area contributed by atoms with E-state index in [-0.39, 0.29) is 29.5 Å². The maximum atomic E-state index is 13.7. The van der Waals surface area contributed by atoms with Crippen LogP contribution in [0.1, 0.15) is 40.1 Å². The lowest BCUT2D eigenvalue weighted by Crippen LogP contribution is -2.53. The first-order chi connectivity index (χ1) is 16.8. The van der Waals surface area contributed by atoms with Gasteiger partial charge >= 0.3 is 0 Å². The molecule has 0 spiro atoms. The highest BCUT2D eigenvalue weighted by Crippen LogP contribution is 2.23. The van der Waals surface area contributed by atoms with Crippen molar-refractivity contribution in [3.63, 3.8) is 0 Å². The van der Waals surface area contributed by atoms with E-state index in [1.165, 1.54) is 24.3 Å². The monoisotopic (exact) mass is 473 g/mol. The van der Waals surface area contributed by atoms with Crippen LogP contribution in [0.5, 0.6) is 0 Å². The van der Waals surface area contributed by atoms with Crippen LogP contribution >= 0.6 is 0 Å². The molecule has 0 radical (unpaired) electrons. The maximum Gasteiger partial charge on any atom is 0.282 e. The first-order valence-corrected chi connectivity index (χ1v) is 11.2. The number of nitrogens with one attached hydrogen (secondary N) is 1. The van der Waals surface area contributed by atoms with Crippen molar-refractivity contribution in [1.82, 2.24) is 10.2 Å². The molecular formula is C27H27N3O5. The third-order valence-electron chi connectivity index (χ3n) is 5.55. The molecule has 1 unspecified atom stereocenters. The number of nitro groups is 1. The average Bonchev–Trinajstić information content (AvgIpc) is 2.87. The highest BCUT2D eigenvalue weighted by atomic mass is 16.6. The number of para-hydroxylation sites is 1. The molecule has 35 heavy (non-hydrogen) atoms. The lowest BCUT2D eigenvalue weighted by molar-refractivity contribution is -0.385. The summed E-state index contributed by atoms with van der Waals surface area (Å²) >= 11 is 0. The van der Waals surface area contributed by atoms with Crippen molar-refractivity contribution in [2.24, 2.45) is 5.92 Å². The van der Waals surface area contributed by atoms with Crippen LogP contribution in [-0.4, -0.2) is 40.0 Å². The Labute approximate surface area is 203 Å². The summed E-state index contributed by atoms with van der Waals surface area (Å²) in [5, 5.41) is 14.4. The molecule has 0 saturated carbocycles. The van der Waals surface area contributed by atoms with Gasteiger partial charge in [-0.2, -0.15) is 0 Å². The summed E-state index contributed by atoms with van der Waals surface area (Å²) in [5.41, 5.74) is 0.682. The molecule has 0 bridgehead atoms. The van der Waals surface area contributed by atoms with Crippen LogP contribution < -0.4 is 5.32 Å². The molecule has 2 amide bonds. The van der Waals surface area contributed by atoms with E-state index < -0.39 is 29.3 Å². The molecular weight excluding hydrogens is 446 g/mol. The third-order valence-corrected chi connectivity index (χ3v) is 5.55. The van der Waals surface area contributed by atoms with Crippen molar-refractivity contribution in [3.05, 3.63) is 112 Å². The van der Waals surface area contributed by atoms with Gasteiger partial charge in [-0.15, -0.1) is 0 Å². The summed E-state index contributed by atoms with van der Waals surface area (Å²) in [4.78, 5) is 52.1. The number of carbonyl (C=O) groups excluding carboxylic acids is 3. The van der Waals surface area contributed by atoms with Gasteiger partial charge in [0.1, 0.15) is 11.6 Å². The SMILES string of the molecule is CC(C)C(C(=O)NCc1ccccc1)N(CC(=O)c1ccccc1)C(=O)c1ccccc1[N+](=O)[O-]. The van der Waals surface area contributed by atoms with E-state index in [9.17, 15) is 24.5 Å². The summed E-state index contributed by atoms with van der Waals surface area (Å²) in [6, 6.07) is 22.2. The lowest BCUT2D eigenvalue weighted by Gasteiger charge is -2.33. The van der Waals surface area contributed by atoms with Crippen LogP contribution in [0.4, 0.5) is 5.69 Å².